The summed E-state index contributed by atoms with van der Waals surface area (Å²) < 4.78 is 2.03. The molecule has 3 aromatic heterocycles. The quantitative estimate of drug-likeness (QED) is 0.539. The highest BCUT2D eigenvalue weighted by Crippen LogP contribution is 2.24. The zero-order chi connectivity index (χ0) is 20.3. The van der Waals surface area contributed by atoms with Crippen LogP contribution in [-0.2, 0) is 11.2 Å². The Morgan fingerprint density at radius 1 is 1.10 bits per heavy atom. The molecule has 1 N–H and O–H groups in total. The van der Waals surface area contributed by atoms with E-state index in [9.17, 15) is 4.79 Å². The molecule has 1 aliphatic rings. The Morgan fingerprint density at radius 3 is 2.63 bits per heavy atom. The minimum atomic E-state index is 0.0547. The number of aromatic nitrogens is 4. The third-order valence-corrected chi connectivity index (χ3v) is 6.28. The van der Waals surface area contributed by atoms with Gasteiger partial charge in [-0.15, -0.1) is 11.3 Å². The summed E-state index contributed by atoms with van der Waals surface area (Å²) in [5.74, 6) is 0.816. The first-order chi connectivity index (χ1) is 14.8. The van der Waals surface area contributed by atoms with E-state index in [2.05, 4.69) is 20.2 Å². The monoisotopic (exact) mass is 418 g/mol. The number of anilines is 1. The first-order valence-corrected chi connectivity index (χ1v) is 11.0. The first-order valence-electron chi connectivity index (χ1n) is 10.1. The molecule has 1 aromatic carbocycles. The number of hydrogen-bond donors (Lipinski definition) is 1. The van der Waals surface area contributed by atoms with Gasteiger partial charge in [-0.1, -0.05) is 30.3 Å². The van der Waals surface area contributed by atoms with Crippen LogP contribution in [0.4, 0.5) is 5.95 Å². The Kier molecular flexibility index (Phi) is 5.15. The molecule has 1 aliphatic heterocycles. The predicted octanol–water partition coefficient (Wildman–Crippen LogP) is 3.18. The van der Waals surface area contributed by atoms with Gasteiger partial charge in [0.25, 0.3) is 0 Å². The summed E-state index contributed by atoms with van der Waals surface area (Å²) in [7, 11) is 0. The molecular weight excluding hydrogens is 396 g/mol. The molecule has 0 spiro atoms. The molecule has 4 aromatic rings. The molecule has 4 heterocycles. The van der Waals surface area contributed by atoms with Crippen LogP contribution in [0.5, 0.6) is 0 Å². The lowest BCUT2D eigenvalue weighted by atomic mass is 10.1. The molecule has 0 bridgehead atoms. The Bertz CT molecular complexity index is 1130. The molecule has 8 heteroatoms. The second-order valence-corrected chi connectivity index (χ2v) is 8.26. The molecule has 0 radical (unpaired) electrons. The van der Waals surface area contributed by atoms with Crippen molar-refractivity contribution in [3.8, 4) is 11.3 Å². The van der Waals surface area contributed by atoms with Gasteiger partial charge in [0.15, 0.2) is 4.96 Å². The third-order valence-electron chi connectivity index (χ3n) is 5.39. The van der Waals surface area contributed by atoms with E-state index in [0.717, 1.165) is 53.8 Å². The SMILES string of the molecule is O=C(Cc1csc2nc(-c3ccccc3)cn12)NC1CCN(c2ncccn2)CC1. The van der Waals surface area contributed by atoms with E-state index >= 15 is 0 Å². The molecule has 0 aliphatic carbocycles. The topological polar surface area (TPSA) is 75.4 Å². The van der Waals surface area contributed by atoms with Crippen molar-refractivity contribution in [2.45, 2.75) is 25.3 Å². The maximum atomic E-state index is 12.7. The molecule has 30 heavy (non-hydrogen) atoms. The normalized spacial score (nSPS) is 14.9. The summed E-state index contributed by atoms with van der Waals surface area (Å²) in [6, 6.07) is 12.1. The molecule has 5 rings (SSSR count). The predicted molar refractivity (Wildman–Crippen MR) is 118 cm³/mol. The standard InChI is InChI=1S/C22H22N6OS/c29-20(25-17-7-11-27(12-8-17)21-23-9-4-10-24-21)13-18-15-30-22-26-19(14-28(18)22)16-5-2-1-3-6-16/h1-6,9-10,14-15,17H,7-8,11-13H2,(H,25,29). The van der Waals surface area contributed by atoms with Gasteiger partial charge in [0.05, 0.1) is 12.1 Å². The average Bonchev–Trinajstić information content (AvgIpc) is 3.38. The maximum Gasteiger partial charge on any atom is 0.226 e. The fraction of sp³-hybridized carbons (Fsp3) is 0.273. The lowest BCUT2D eigenvalue weighted by Crippen LogP contribution is -2.45. The number of carbonyl (C=O) groups is 1. The van der Waals surface area contributed by atoms with Crippen molar-refractivity contribution in [1.82, 2.24) is 24.7 Å². The fourth-order valence-corrected chi connectivity index (χ4v) is 4.70. The van der Waals surface area contributed by atoms with Gasteiger partial charge in [0.1, 0.15) is 0 Å². The largest absolute Gasteiger partial charge is 0.353 e. The van der Waals surface area contributed by atoms with Gasteiger partial charge >= 0.3 is 0 Å². The van der Waals surface area contributed by atoms with Gasteiger partial charge in [-0.05, 0) is 18.9 Å². The number of thiazole rings is 1. The van der Waals surface area contributed by atoms with E-state index in [1.54, 1.807) is 23.7 Å². The van der Waals surface area contributed by atoms with Crippen LogP contribution < -0.4 is 10.2 Å². The highest BCUT2D eigenvalue weighted by Gasteiger charge is 2.22. The van der Waals surface area contributed by atoms with Gasteiger partial charge in [-0.25, -0.2) is 15.0 Å². The molecule has 7 nitrogen and oxygen atoms in total. The summed E-state index contributed by atoms with van der Waals surface area (Å²) in [5.41, 5.74) is 2.98. The van der Waals surface area contributed by atoms with Crippen LogP contribution in [0.15, 0.2) is 60.4 Å². The van der Waals surface area contributed by atoms with E-state index in [4.69, 9.17) is 4.98 Å². The number of benzene rings is 1. The van der Waals surface area contributed by atoms with E-state index in [1.165, 1.54) is 0 Å². The van der Waals surface area contributed by atoms with Crippen molar-refractivity contribution in [3.63, 3.8) is 0 Å². The molecule has 152 valence electrons. The van der Waals surface area contributed by atoms with Crippen LogP contribution in [0.25, 0.3) is 16.2 Å². The molecular formula is C22H22N6OS. The van der Waals surface area contributed by atoms with Gasteiger partial charge in [0.2, 0.25) is 11.9 Å². The number of nitrogens with one attached hydrogen (secondary N) is 1. The summed E-state index contributed by atoms with van der Waals surface area (Å²) in [4.78, 5) is 29.1. The van der Waals surface area contributed by atoms with E-state index in [-0.39, 0.29) is 11.9 Å². The van der Waals surface area contributed by atoms with Crippen LogP contribution in [0.3, 0.4) is 0 Å². The van der Waals surface area contributed by atoms with Crippen molar-refractivity contribution < 1.29 is 4.79 Å². The number of hydrogen-bond acceptors (Lipinski definition) is 6. The lowest BCUT2D eigenvalue weighted by Gasteiger charge is -2.32. The number of rotatable bonds is 5. The molecule has 1 fully saturated rings. The smallest absolute Gasteiger partial charge is 0.226 e. The minimum Gasteiger partial charge on any atom is -0.353 e. The summed E-state index contributed by atoms with van der Waals surface area (Å²) >= 11 is 1.57. The molecule has 0 atom stereocenters. The van der Waals surface area contributed by atoms with E-state index < -0.39 is 0 Å². The number of carbonyl (C=O) groups excluding carboxylic acids is 1. The molecule has 1 amide bonds. The number of piperidine rings is 1. The third kappa shape index (κ3) is 3.91. The second-order valence-electron chi connectivity index (χ2n) is 7.43. The average molecular weight is 419 g/mol. The van der Waals surface area contributed by atoms with Crippen molar-refractivity contribution >= 4 is 28.2 Å². The summed E-state index contributed by atoms with van der Waals surface area (Å²) in [6.07, 6.45) is 7.68. The Balaban J connectivity index is 1.20. The second kappa shape index (κ2) is 8.23. The number of amides is 1. The van der Waals surface area contributed by atoms with Gasteiger partial charge in [-0.3, -0.25) is 9.20 Å². The van der Waals surface area contributed by atoms with Gasteiger partial charge < -0.3 is 10.2 Å². The molecule has 1 saturated heterocycles. The summed E-state index contributed by atoms with van der Waals surface area (Å²) in [6.45, 7) is 1.69. The fourth-order valence-electron chi connectivity index (χ4n) is 3.83. The van der Waals surface area contributed by atoms with Crippen molar-refractivity contribution in [1.29, 1.82) is 0 Å². The summed E-state index contributed by atoms with van der Waals surface area (Å²) in [5, 5.41) is 5.22. The number of imidazole rings is 1. The van der Waals surface area contributed by atoms with Crippen molar-refractivity contribution in [2.24, 2.45) is 0 Å². The Labute approximate surface area is 178 Å². The maximum absolute atomic E-state index is 12.7. The first kappa shape index (κ1) is 18.7. The minimum absolute atomic E-state index is 0.0547. The van der Waals surface area contributed by atoms with Crippen molar-refractivity contribution in [2.75, 3.05) is 18.0 Å². The Hall–Kier alpha value is -3.26. The highest BCUT2D eigenvalue weighted by molar-refractivity contribution is 7.15. The van der Waals surface area contributed by atoms with Crippen LogP contribution in [-0.4, -0.2) is 44.4 Å². The zero-order valence-corrected chi connectivity index (χ0v) is 17.3. The Morgan fingerprint density at radius 2 is 1.87 bits per heavy atom. The van der Waals surface area contributed by atoms with Gasteiger partial charge in [-0.2, -0.15) is 0 Å². The van der Waals surface area contributed by atoms with Crippen LogP contribution in [0.1, 0.15) is 18.5 Å². The zero-order valence-electron chi connectivity index (χ0n) is 16.4. The number of fused-ring (bicyclic) bond motifs is 1. The highest BCUT2D eigenvalue weighted by atomic mass is 32.1. The number of nitrogens with zero attached hydrogens (tertiary/aromatic N) is 5. The van der Waals surface area contributed by atoms with Gasteiger partial charge in [0, 0.05) is 54.4 Å². The van der Waals surface area contributed by atoms with Crippen LogP contribution in [0.2, 0.25) is 0 Å². The molecule has 0 unspecified atom stereocenters. The van der Waals surface area contributed by atoms with E-state index in [0.29, 0.717) is 6.42 Å². The van der Waals surface area contributed by atoms with Crippen molar-refractivity contribution in [3.05, 3.63) is 66.1 Å². The lowest BCUT2D eigenvalue weighted by molar-refractivity contribution is -0.121. The van der Waals surface area contributed by atoms with Crippen LogP contribution in [0, 0.1) is 0 Å². The van der Waals surface area contributed by atoms with Crippen LogP contribution >= 0.6 is 11.3 Å². The van der Waals surface area contributed by atoms with E-state index in [1.807, 2.05) is 52.4 Å². The molecule has 0 saturated carbocycles.